The Morgan fingerprint density at radius 3 is 1.78 bits per heavy atom. The first-order chi connectivity index (χ1) is 12.3. The molecule has 2 nitrogen and oxygen atoms in total. The molecule has 1 N–H and O–H groups in total. The third-order valence-electron chi connectivity index (χ3n) is 4.41. The predicted molar refractivity (Wildman–Crippen MR) is 115 cm³/mol. The maximum atomic E-state index is 12.9. The highest BCUT2D eigenvalue weighted by Gasteiger charge is 2.27. The average Bonchev–Trinajstić information content (AvgIpc) is 2.52. The van der Waals surface area contributed by atoms with Crippen molar-refractivity contribution in [2.24, 2.45) is 0 Å². The average molecular weight is 405 g/mol. The highest BCUT2D eigenvalue weighted by molar-refractivity contribution is 6.37. The monoisotopic (exact) mass is 404 g/mol. The fraction of sp³-hybridized carbons (Fsp3) is 0.348. The van der Waals surface area contributed by atoms with E-state index in [0.29, 0.717) is 21.2 Å². The van der Waals surface area contributed by atoms with E-state index in [1.807, 2.05) is 41.5 Å². The Balaban J connectivity index is 2.54. The highest BCUT2D eigenvalue weighted by Crippen LogP contribution is 2.40. The lowest BCUT2D eigenvalue weighted by Gasteiger charge is -2.27. The molecule has 0 aromatic heterocycles. The molecule has 4 heteroatoms. The summed E-state index contributed by atoms with van der Waals surface area (Å²) in [7, 11) is 0. The molecule has 2 rings (SSSR count). The van der Waals surface area contributed by atoms with E-state index in [1.165, 1.54) is 6.08 Å². The van der Waals surface area contributed by atoms with Gasteiger partial charge in [-0.1, -0.05) is 70.8 Å². The van der Waals surface area contributed by atoms with Crippen LogP contribution in [0.5, 0.6) is 5.75 Å². The molecule has 0 fully saturated rings. The summed E-state index contributed by atoms with van der Waals surface area (Å²) in [4.78, 5) is 12.9. The van der Waals surface area contributed by atoms with Crippen LogP contribution in [-0.4, -0.2) is 10.9 Å². The summed E-state index contributed by atoms with van der Waals surface area (Å²) >= 11 is 12.3. The molecule has 0 saturated heterocycles. The number of aromatic hydroxyl groups is 1. The largest absolute Gasteiger partial charge is 0.507 e. The number of benzene rings is 2. The molecular weight excluding hydrogens is 379 g/mol. The Hall–Kier alpha value is -1.77. The van der Waals surface area contributed by atoms with Crippen LogP contribution in [0.1, 0.15) is 68.6 Å². The number of hydrogen-bond acceptors (Lipinski definition) is 2. The highest BCUT2D eigenvalue weighted by atomic mass is 35.5. The van der Waals surface area contributed by atoms with Crippen LogP contribution in [0.3, 0.4) is 0 Å². The standard InChI is InChI=1S/C23H26Cl2O2/c1-22(2,3)16-12-14(13-17(21(16)27)23(4,5)6)20(26)11-10-15-18(24)8-7-9-19(15)25/h7-13,27H,1-6H3/b11-10+. The summed E-state index contributed by atoms with van der Waals surface area (Å²) in [6.45, 7) is 12.1. The number of halogens is 2. The van der Waals surface area contributed by atoms with Crippen LogP contribution >= 0.6 is 23.2 Å². The van der Waals surface area contributed by atoms with Crippen molar-refractivity contribution in [3.63, 3.8) is 0 Å². The molecule has 0 radical (unpaired) electrons. The van der Waals surface area contributed by atoms with Crippen LogP contribution in [0, 0.1) is 0 Å². The van der Waals surface area contributed by atoms with Gasteiger partial charge in [-0.2, -0.15) is 0 Å². The first-order valence-corrected chi connectivity index (χ1v) is 9.62. The van der Waals surface area contributed by atoms with Gasteiger partial charge < -0.3 is 5.11 Å². The number of ketones is 1. The summed E-state index contributed by atoms with van der Waals surface area (Å²) in [6, 6.07) is 8.76. The van der Waals surface area contributed by atoms with Crippen LogP contribution in [0.4, 0.5) is 0 Å². The van der Waals surface area contributed by atoms with E-state index in [0.717, 1.165) is 11.1 Å². The molecule has 0 saturated carbocycles. The van der Waals surface area contributed by atoms with Crippen LogP contribution in [0.15, 0.2) is 36.4 Å². The minimum Gasteiger partial charge on any atom is -0.507 e. The number of phenols is 1. The van der Waals surface area contributed by atoms with Crippen LogP contribution in [-0.2, 0) is 10.8 Å². The zero-order valence-electron chi connectivity index (χ0n) is 16.7. The molecule has 0 spiro atoms. The van der Waals surface area contributed by atoms with E-state index in [9.17, 15) is 9.90 Å². The van der Waals surface area contributed by atoms with E-state index < -0.39 is 0 Å². The maximum Gasteiger partial charge on any atom is 0.185 e. The lowest BCUT2D eigenvalue weighted by Crippen LogP contribution is -2.18. The van der Waals surface area contributed by atoms with E-state index in [4.69, 9.17) is 23.2 Å². The Morgan fingerprint density at radius 2 is 1.37 bits per heavy atom. The van der Waals surface area contributed by atoms with Gasteiger partial charge in [0.05, 0.1) is 0 Å². The molecule has 27 heavy (non-hydrogen) atoms. The van der Waals surface area contributed by atoms with Crippen molar-refractivity contribution >= 4 is 35.1 Å². The molecule has 0 bridgehead atoms. The fourth-order valence-electron chi connectivity index (χ4n) is 2.85. The van der Waals surface area contributed by atoms with Crippen molar-refractivity contribution in [2.45, 2.75) is 52.4 Å². The molecule has 2 aromatic carbocycles. The number of carbonyl (C=O) groups is 1. The van der Waals surface area contributed by atoms with Crippen molar-refractivity contribution in [3.05, 3.63) is 68.7 Å². The van der Waals surface area contributed by atoms with Crippen molar-refractivity contribution in [1.82, 2.24) is 0 Å². The van der Waals surface area contributed by atoms with Crippen LogP contribution < -0.4 is 0 Å². The number of carbonyl (C=O) groups excluding carboxylic acids is 1. The molecular formula is C23H26Cl2O2. The molecule has 144 valence electrons. The normalized spacial score (nSPS) is 12.6. The first-order valence-electron chi connectivity index (χ1n) is 8.87. The predicted octanol–water partition coefficient (Wildman–Crippen LogP) is 7.19. The summed E-state index contributed by atoms with van der Waals surface area (Å²) in [5, 5.41) is 11.8. The van der Waals surface area contributed by atoms with Gasteiger partial charge in [-0.05, 0) is 47.2 Å². The Labute approximate surface area is 171 Å². The molecule has 0 unspecified atom stereocenters. The second-order valence-electron chi connectivity index (χ2n) is 8.75. The van der Waals surface area contributed by atoms with Gasteiger partial charge >= 0.3 is 0 Å². The van der Waals surface area contributed by atoms with Gasteiger partial charge in [0, 0.05) is 32.3 Å². The topological polar surface area (TPSA) is 37.3 Å². The lowest BCUT2D eigenvalue weighted by molar-refractivity contribution is 0.104. The van der Waals surface area contributed by atoms with E-state index in [1.54, 1.807) is 36.4 Å². The Bertz CT molecular complexity index is 842. The van der Waals surface area contributed by atoms with Crippen molar-refractivity contribution in [1.29, 1.82) is 0 Å². The molecule has 0 heterocycles. The lowest BCUT2D eigenvalue weighted by atomic mass is 9.78. The minimum atomic E-state index is -0.296. The van der Waals surface area contributed by atoms with E-state index >= 15 is 0 Å². The molecule has 0 aliphatic carbocycles. The third-order valence-corrected chi connectivity index (χ3v) is 5.07. The first kappa shape index (κ1) is 21.5. The zero-order valence-corrected chi connectivity index (χ0v) is 18.2. The van der Waals surface area contributed by atoms with Crippen molar-refractivity contribution in [2.75, 3.05) is 0 Å². The van der Waals surface area contributed by atoms with Crippen molar-refractivity contribution < 1.29 is 9.90 Å². The Kier molecular flexibility index (Phi) is 6.13. The molecule has 0 aliphatic heterocycles. The fourth-order valence-corrected chi connectivity index (χ4v) is 3.37. The van der Waals surface area contributed by atoms with Gasteiger partial charge in [0.25, 0.3) is 0 Å². The number of rotatable bonds is 3. The SMILES string of the molecule is CC(C)(C)c1cc(C(=O)/C=C/c2c(Cl)cccc2Cl)cc(C(C)(C)C)c1O. The van der Waals surface area contributed by atoms with Crippen LogP contribution in [0.2, 0.25) is 10.0 Å². The van der Waals surface area contributed by atoms with Gasteiger partial charge in [-0.3, -0.25) is 4.79 Å². The van der Waals surface area contributed by atoms with E-state index in [-0.39, 0.29) is 22.4 Å². The Morgan fingerprint density at radius 1 is 0.926 bits per heavy atom. The summed E-state index contributed by atoms with van der Waals surface area (Å²) < 4.78 is 0. The number of hydrogen-bond donors (Lipinski definition) is 1. The maximum absolute atomic E-state index is 12.9. The second kappa shape index (κ2) is 7.69. The van der Waals surface area contributed by atoms with Crippen LogP contribution in [0.25, 0.3) is 6.08 Å². The molecule has 2 aromatic rings. The molecule has 0 aliphatic rings. The number of phenolic OH excluding ortho intramolecular Hbond substituents is 1. The second-order valence-corrected chi connectivity index (χ2v) is 9.57. The van der Waals surface area contributed by atoms with Gasteiger partial charge in [-0.15, -0.1) is 0 Å². The van der Waals surface area contributed by atoms with Gasteiger partial charge in [-0.25, -0.2) is 0 Å². The van der Waals surface area contributed by atoms with E-state index in [2.05, 4.69) is 0 Å². The third kappa shape index (κ3) is 4.94. The van der Waals surface area contributed by atoms with Gasteiger partial charge in [0.15, 0.2) is 5.78 Å². The van der Waals surface area contributed by atoms with Gasteiger partial charge in [0.1, 0.15) is 5.75 Å². The van der Waals surface area contributed by atoms with Gasteiger partial charge in [0.2, 0.25) is 0 Å². The summed E-state index contributed by atoms with van der Waals surface area (Å²) in [6.07, 6.45) is 3.10. The molecule has 0 amide bonds. The van der Waals surface area contributed by atoms with Crippen molar-refractivity contribution in [3.8, 4) is 5.75 Å². The smallest absolute Gasteiger partial charge is 0.185 e. The zero-order chi connectivity index (χ0) is 20.6. The molecule has 0 atom stereocenters. The quantitative estimate of drug-likeness (QED) is 0.433. The number of allylic oxidation sites excluding steroid dienone is 1. The minimum absolute atomic E-state index is 0.165. The summed E-state index contributed by atoms with van der Waals surface area (Å²) in [5.41, 5.74) is 2.05. The summed E-state index contributed by atoms with van der Waals surface area (Å²) in [5.74, 6) is 0.0895.